The molecule has 5 nitrogen and oxygen atoms in total. The SMILES string of the molecule is CCCc1c(C(=O)NC2CCSc3ccc(F)cc32)[nH]c(C)c1C(=O)OC. The summed E-state index contributed by atoms with van der Waals surface area (Å²) in [4.78, 5) is 29.2. The van der Waals surface area contributed by atoms with E-state index in [4.69, 9.17) is 4.74 Å². The van der Waals surface area contributed by atoms with Crippen LogP contribution in [-0.4, -0.2) is 29.7 Å². The van der Waals surface area contributed by atoms with Crippen LogP contribution in [-0.2, 0) is 11.2 Å². The summed E-state index contributed by atoms with van der Waals surface area (Å²) in [6.45, 7) is 3.74. The van der Waals surface area contributed by atoms with Crippen LogP contribution in [0.25, 0.3) is 0 Å². The van der Waals surface area contributed by atoms with Gasteiger partial charge in [-0.1, -0.05) is 13.3 Å². The first-order valence-electron chi connectivity index (χ1n) is 8.99. The average molecular weight is 390 g/mol. The quantitative estimate of drug-likeness (QED) is 0.752. The summed E-state index contributed by atoms with van der Waals surface area (Å²) >= 11 is 1.66. The first-order chi connectivity index (χ1) is 13.0. The Hall–Kier alpha value is -2.28. The highest BCUT2D eigenvalue weighted by molar-refractivity contribution is 7.99. The van der Waals surface area contributed by atoms with Gasteiger partial charge in [-0.05, 0) is 49.1 Å². The Morgan fingerprint density at radius 2 is 2.19 bits per heavy atom. The number of esters is 1. The number of carbonyl (C=O) groups excluding carboxylic acids is 2. The molecule has 1 amide bonds. The number of hydrogen-bond acceptors (Lipinski definition) is 4. The monoisotopic (exact) mass is 390 g/mol. The number of H-pyrrole nitrogens is 1. The number of thioether (sulfide) groups is 1. The van der Waals surface area contributed by atoms with Crippen LogP contribution in [0.5, 0.6) is 0 Å². The standard InChI is InChI=1S/C20H23FN2O3S/c1-4-5-13-17(20(25)26-3)11(2)22-18(13)19(24)23-15-8-9-27-16-7-6-12(21)10-14(15)16/h6-7,10,15,22H,4-5,8-9H2,1-3H3,(H,23,24). The maximum atomic E-state index is 13.7. The van der Waals surface area contributed by atoms with Crippen LogP contribution in [0.2, 0.25) is 0 Å². The van der Waals surface area contributed by atoms with Gasteiger partial charge in [0.1, 0.15) is 11.5 Å². The lowest BCUT2D eigenvalue weighted by molar-refractivity contribution is 0.0599. The molecule has 2 N–H and O–H groups in total. The molecule has 1 atom stereocenters. The van der Waals surface area contributed by atoms with E-state index in [1.54, 1.807) is 24.8 Å². The van der Waals surface area contributed by atoms with Crippen molar-refractivity contribution < 1.29 is 18.7 Å². The molecule has 2 aromatic rings. The van der Waals surface area contributed by atoms with Crippen molar-refractivity contribution in [2.24, 2.45) is 0 Å². The lowest BCUT2D eigenvalue weighted by atomic mass is 10.0. The van der Waals surface area contributed by atoms with Crippen LogP contribution in [0.3, 0.4) is 0 Å². The molecule has 27 heavy (non-hydrogen) atoms. The molecule has 0 radical (unpaired) electrons. The van der Waals surface area contributed by atoms with E-state index in [9.17, 15) is 14.0 Å². The first-order valence-corrected chi connectivity index (χ1v) is 9.97. The minimum atomic E-state index is -0.451. The van der Waals surface area contributed by atoms with E-state index in [1.807, 2.05) is 6.92 Å². The minimum absolute atomic E-state index is 0.260. The lowest BCUT2D eigenvalue weighted by Gasteiger charge is -2.26. The van der Waals surface area contributed by atoms with Gasteiger partial charge in [-0.15, -0.1) is 11.8 Å². The second kappa shape index (κ2) is 8.17. The minimum Gasteiger partial charge on any atom is -0.465 e. The third-order valence-electron chi connectivity index (χ3n) is 4.72. The maximum Gasteiger partial charge on any atom is 0.339 e. The number of methoxy groups -OCH3 is 1. The summed E-state index contributed by atoms with van der Waals surface area (Å²) in [5.41, 5.74) is 2.89. The topological polar surface area (TPSA) is 71.2 Å². The molecule has 0 saturated carbocycles. The molecule has 1 aromatic heterocycles. The van der Waals surface area contributed by atoms with E-state index in [1.165, 1.54) is 19.2 Å². The lowest BCUT2D eigenvalue weighted by Crippen LogP contribution is -2.31. The number of amides is 1. The molecule has 0 aliphatic carbocycles. The normalized spacial score (nSPS) is 15.9. The van der Waals surface area contributed by atoms with E-state index in [2.05, 4.69) is 10.3 Å². The van der Waals surface area contributed by atoms with Crippen LogP contribution in [0.1, 0.15) is 63.5 Å². The summed E-state index contributed by atoms with van der Waals surface area (Å²) in [6, 6.07) is 4.42. The fraction of sp³-hybridized carbons (Fsp3) is 0.400. The Morgan fingerprint density at radius 1 is 1.41 bits per heavy atom. The number of aryl methyl sites for hydroxylation is 1. The summed E-state index contributed by atoms with van der Waals surface area (Å²) in [6.07, 6.45) is 2.10. The molecule has 1 aliphatic rings. The molecule has 144 valence electrons. The number of aromatic amines is 1. The van der Waals surface area contributed by atoms with Crippen molar-refractivity contribution in [2.75, 3.05) is 12.9 Å². The van der Waals surface area contributed by atoms with Crippen LogP contribution in [0.4, 0.5) is 4.39 Å². The van der Waals surface area contributed by atoms with Crippen LogP contribution < -0.4 is 5.32 Å². The van der Waals surface area contributed by atoms with Gasteiger partial charge < -0.3 is 15.0 Å². The van der Waals surface area contributed by atoms with Crippen molar-refractivity contribution in [3.8, 4) is 0 Å². The van der Waals surface area contributed by atoms with Gasteiger partial charge in [0.2, 0.25) is 0 Å². The molecule has 7 heteroatoms. The third kappa shape index (κ3) is 3.88. The highest BCUT2D eigenvalue weighted by Crippen LogP contribution is 2.36. The number of fused-ring (bicyclic) bond motifs is 1. The van der Waals surface area contributed by atoms with Gasteiger partial charge >= 0.3 is 5.97 Å². The van der Waals surface area contributed by atoms with Crippen LogP contribution >= 0.6 is 11.8 Å². The Bertz CT molecular complexity index is 878. The number of halogens is 1. The first kappa shape index (κ1) is 19.5. The second-order valence-corrected chi connectivity index (χ2v) is 7.70. The molecule has 0 saturated heterocycles. The number of nitrogens with one attached hydrogen (secondary N) is 2. The highest BCUT2D eigenvalue weighted by atomic mass is 32.2. The molecule has 0 bridgehead atoms. The average Bonchev–Trinajstić information content (AvgIpc) is 2.98. The van der Waals surface area contributed by atoms with E-state index in [0.717, 1.165) is 29.1 Å². The molecular formula is C20H23FN2O3S. The number of ether oxygens (including phenoxy) is 1. The molecule has 1 aromatic carbocycles. The molecular weight excluding hydrogens is 367 g/mol. The Balaban J connectivity index is 1.92. The molecule has 0 spiro atoms. The van der Waals surface area contributed by atoms with Crippen LogP contribution in [0, 0.1) is 12.7 Å². The molecule has 2 heterocycles. The smallest absolute Gasteiger partial charge is 0.339 e. The summed E-state index contributed by atoms with van der Waals surface area (Å²) in [7, 11) is 1.33. The van der Waals surface area contributed by atoms with Gasteiger partial charge in [0, 0.05) is 16.3 Å². The number of rotatable bonds is 5. The Kier molecular flexibility index (Phi) is 5.89. The summed E-state index contributed by atoms with van der Waals surface area (Å²) < 4.78 is 18.6. The van der Waals surface area contributed by atoms with Crippen molar-refractivity contribution >= 4 is 23.6 Å². The van der Waals surface area contributed by atoms with Crippen LogP contribution in [0.15, 0.2) is 23.1 Å². The zero-order valence-corrected chi connectivity index (χ0v) is 16.5. The van der Waals surface area contributed by atoms with Crippen molar-refractivity contribution in [1.82, 2.24) is 10.3 Å². The van der Waals surface area contributed by atoms with Gasteiger partial charge in [0.25, 0.3) is 5.91 Å². The molecule has 1 aliphatic heterocycles. The van der Waals surface area contributed by atoms with Crippen molar-refractivity contribution in [3.63, 3.8) is 0 Å². The summed E-state index contributed by atoms with van der Waals surface area (Å²) in [5, 5.41) is 3.01. The number of hydrogen-bond donors (Lipinski definition) is 2. The van der Waals surface area contributed by atoms with E-state index < -0.39 is 5.97 Å². The van der Waals surface area contributed by atoms with E-state index in [0.29, 0.717) is 28.9 Å². The number of aromatic nitrogens is 1. The number of carbonyl (C=O) groups is 2. The Morgan fingerprint density at radius 3 is 2.89 bits per heavy atom. The van der Waals surface area contributed by atoms with Gasteiger partial charge in [0.05, 0.1) is 18.7 Å². The van der Waals surface area contributed by atoms with Crippen molar-refractivity contribution in [2.45, 2.75) is 44.0 Å². The van der Waals surface area contributed by atoms with Gasteiger partial charge in [-0.3, -0.25) is 4.79 Å². The van der Waals surface area contributed by atoms with Gasteiger partial charge in [-0.25, -0.2) is 9.18 Å². The predicted molar refractivity (Wildman–Crippen MR) is 103 cm³/mol. The van der Waals surface area contributed by atoms with Gasteiger partial charge in [-0.2, -0.15) is 0 Å². The number of benzene rings is 1. The fourth-order valence-electron chi connectivity index (χ4n) is 3.49. The third-order valence-corrected chi connectivity index (χ3v) is 5.85. The second-order valence-electron chi connectivity index (χ2n) is 6.57. The molecule has 0 fully saturated rings. The van der Waals surface area contributed by atoms with Gasteiger partial charge in [0.15, 0.2) is 0 Å². The van der Waals surface area contributed by atoms with E-state index in [-0.39, 0.29) is 17.8 Å². The largest absolute Gasteiger partial charge is 0.465 e. The predicted octanol–water partition coefficient (Wildman–Crippen LogP) is 4.17. The fourth-order valence-corrected chi connectivity index (χ4v) is 4.60. The molecule has 1 unspecified atom stereocenters. The van der Waals surface area contributed by atoms with Crippen molar-refractivity contribution in [1.29, 1.82) is 0 Å². The summed E-state index contributed by atoms with van der Waals surface area (Å²) in [5.74, 6) is -0.204. The molecule has 3 rings (SSSR count). The Labute approximate surface area is 162 Å². The van der Waals surface area contributed by atoms with Crippen molar-refractivity contribution in [3.05, 3.63) is 52.1 Å². The zero-order chi connectivity index (χ0) is 19.6. The highest BCUT2D eigenvalue weighted by Gasteiger charge is 2.28. The van der Waals surface area contributed by atoms with E-state index >= 15 is 0 Å². The maximum absolute atomic E-state index is 13.7. The zero-order valence-electron chi connectivity index (χ0n) is 15.6.